The standard InChI is InChI=1S/C18H14Cl2N2OS2/c1-10-7-8-12(19)16(15(10)20)21-13-6-4-3-5-11(13)9-14-17(23)22-18(24-2)25-14/h3-9,21H,1-2H3/b14-9+. The van der Waals surface area contributed by atoms with E-state index in [9.17, 15) is 4.79 Å². The highest BCUT2D eigenvalue weighted by atomic mass is 35.5. The van der Waals surface area contributed by atoms with Gasteiger partial charge in [-0.2, -0.15) is 4.99 Å². The van der Waals surface area contributed by atoms with Gasteiger partial charge in [-0.3, -0.25) is 4.79 Å². The highest BCUT2D eigenvalue weighted by Crippen LogP contribution is 2.38. The third-order valence-corrected chi connectivity index (χ3v) is 6.34. The van der Waals surface area contributed by atoms with Crippen molar-refractivity contribution in [2.24, 2.45) is 4.99 Å². The van der Waals surface area contributed by atoms with E-state index in [0.29, 0.717) is 20.6 Å². The fourth-order valence-electron chi connectivity index (χ4n) is 2.26. The molecule has 1 aliphatic rings. The molecule has 0 bridgehead atoms. The molecule has 0 aliphatic carbocycles. The number of anilines is 2. The first-order chi connectivity index (χ1) is 12.0. The van der Waals surface area contributed by atoms with E-state index in [2.05, 4.69) is 10.3 Å². The molecule has 25 heavy (non-hydrogen) atoms. The Hall–Kier alpha value is -1.40. The van der Waals surface area contributed by atoms with Crippen LogP contribution in [0.5, 0.6) is 0 Å². The van der Waals surface area contributed by atoms with Crippen molar-refractivity contribution in [3.05, 3.63) is 62.5 Å². The minimum Gasteiger partial charge on any atom is -0.353 e. The van der Waals surface area contributed by atoms with Crippen LogP contribution >= 0.6 is 46.7 Å². The van der Waals surface area contributed by atoms with Crippen LogP contribution in [-0.4, -0.2) is 16.5 Å². The van der Waals surface area contributed by atoms with Crippen LogP contribution in [0.4, 0.5) is 11.4 Å². The molecule has 1 N–H and O–H groups in total. The minimum atomic E-state index is -0.212. The summed E-state index contributed by atoms with van der Waals surface area (Å²) in [7, 11) is 0. The predicted molar refractivity (Wildman–Crippen MR) is 112 cm³/mol. The number of para-hydroxylation sites is 1. The molecule has 1 amide bonds. The Balaban J connectivity index is 1.96. The lowest BCUT2D eigenvalue weighted by Gasteiger charge is -2.14. The maximum absolute atomic E-state index is 12.0. The predicted octanol–water partition coefficient (Wildman–Crippen LogP) is 6.38. The van der Waals surface area contributed by atoms with Crippen LogP contribution < -0.4 is 5.32 Å². The average Bonchev–Trinajstić information content (AvgIpc) is 2.96. The Labute approximate surface area is 164 Å². The molecule has 1 heterocycles. The summed E-state index contributed by atoms with van der Waals surface area (Å²) in [5.41, 5.74) is 3.27. The first-order valence-electron chi connectivity index (χ1n) is 7.37. The molecule has 7 heteroatoms. The van der Waals surface area contributed by atoms with Crippen LogP contribution in [0.1, 0.15) is 11.1 Å². The molecular formula is C18H14Cl2N2OS2. The van der Waals surface area contributed by atoms with Crippen molar-refractivity contribution in [2.75, 3.05) is 11.6 Å². The first-order valence-corrected chi connectivity index (χ1v) is 10.2. The van der Waals surface area contributed by atoms with E-state index in [0.717, 1.165) is 21.2 Å². The number of rotatable bonds is 3. The number of hydrogen-bond donors (Lipinski definition) is 1. The van der Waals surface area contributed by atoms with Gasteiger partial charge in [0.05, 0.1) is 20.6 Å². The molecule has 2 aromatic carbocycles. The van der Waals surface area contributed by atoms with Crippen LogP contribution in [-0.2, 0) is 4.79 Å². The Kier molecular flexibility index (Phi) is 5.79. The summed E-state index contributed by atoms with van der Waals surface area (Å²) in [6.07, 6.45) is 3.74. The second-order valence-corrected chi connectivity index (χ2v) is 8.13. The number of thioether (sulfide) groups is 2. The van der Waals surface area contributed by atoms with Crippen LogP contribution in [0, 0.1) is 6.92 Å². The summed E-state index contributed by atoms with van der Waals surface area (Å²) < 4.78 is 0.756. The van der Waals surface area contributed by atoms with E-state index in [1.165, 1.54) is 23.5 Å². The van der Waals surface area contributed by atoms with Crippen molar-refractivity contribution in [2.45, 2.75) is 6.92 Å². The van der Waals surface area contributed by atoms with E-state index in [1.807, 2.05) is 49.6 Å². The molecule has 0 fully saturated rings. The van der Waals surface area contributed by atoms with Crippen molar-refractivity contribution in [3.63, 3.8) is 0 Å². The molecule has 3 nitrogen and oxygen atoms in total. The molecule has 0 aromatic heterocycles. The van der Waals surface area contributed by atoms with Crippen molar-refractivity contribution >= 4 is 74.5 Å². The summed E-state index contributed by atoms with van der Waals surface area (Å²) >= 11 is 15.5. The van der Waals surface area contributed by atoms with Gasteiger partial charge in [0, 0.05) is 5.69 Å². The number of amides is 1. The van der Waals surface area contributed by atoms with Crippen molar-refractivity contribution in [1.29, 1.82) is 0 Å². The number of benzene rings is 2. The Morgan fingerprint density at radius 2 is 1.96 bits per heavy atom. The lowest BCUT2D eigenvalue weighted by molar-refractivity contribution is -0.113. The van der Waals surface area contributed by atoms with Gasteiger partial charge in [0.25, 0.3) is 5.91 Å². The summed E-state index contributed by atoms with van der Waals surface area (Å²) in [4.78, 5) is 16.6. The zero-order valence-electron chi connectivity index (χ0n) is 13.5. The van der Waals surface area contributed by atoms with E-state index in [-0.39, 0.29) is 5.91 Å². The molecule has 0 spiro atoms. The second kappa shape index (κ2) is 7.87. The van der Waals surface area contributed by atoms with Gasteiger partial charge >= 0.3 is 0 Å². The van der Waals surface area contributed by atoms with Crippen LogP contribution in [0.3, 0.4) is 0 Å². The summed E-state index contributed by atoms with van der Waals surface area (Å²) in [5.74, 6) is -0.212. The Morgan fingerprint density at radius 1 is 1.20 bits per heavy atom. The van der Waals surface area contributed by atoms with Crippen molar-refractivity contribution in [3.8, 4) is 0 Å². The van der Waals surface area contributed by atoms with Gasteiger partial charge in [-0.15, -0.1) is 11.8 Å². The largest absolute Gasteiger partial charge is 0.353 e. The average molecular weight is 409 g/mol. The van der Waals surface area contributed by atoms with E-state index < -0.39 is 0 Å². The van der Waals surface area contributed by atoms with Crippen LogP contribution in [0.15, 0.2) is 46.3 Å². The third-order valence-electron chi connectivity index (χ3n) is 3.57. The zero-order valence-corrected chi connectivity index (χ0v) is 16.6. The van der Waals surface area contributed by atoms with Crippen molar-refractivity contribution < 1.29 is 4.79 Å². The van der Waals surface area contributed by atoms with Gasteiger partial charge in [0.15, 0.2) is 0 Å². The SMILES string of the molecule is CSC1=NC(=O)/C(=C\c2ccccc2Nc2c(Cl)ccc(C)c2Cl)S1. The molecule has 0 atom stereocenters. The highest BCUT2D eigenvalue weighted by molar-refractivity contribution is 8.40. The molecule has 0 saturated carbocycles. The number of carbonyl (C=O) groups excluding carboxylic acids is 1. The number of halogens is 2. The van der Waals surface area contributed by atoms with Gasteiger partial charge in [-0.25, -0.2) is 0 Å². The number of nitrogens with one attached hydrogen (secondary N) is 1. The quantitative estimate of drug-likeness (QED) is 0.598. The fraction of sp³-hybridized carbons (Fsp3) is 0.111. The van der Waals surface area contributed by atoms with Gasteiger partial charge in [-0.1, -0.05) is 59.2 Å². The molecule has 3 rings (SSSR count). The van der Waals surface area contributed by atoms with Crippen LogP contribution in [0.2, 0.25) is 10.0 Å². The molecule has 0 radical (unpaired) electrons. The highest BCUT2D eigenvalue weighted by Gasteiger charge is 2.21. The molecule has 128 valence electrons. The smallest absolute Gasteiger partial charge is 0.285 e. The normalized spacial score (nSPS) is 15.6. The summed E-state index contributed by atoms with van der Waals surface area (Å²) in [6, 6.07) is 11.4. The number of aliphatic imine (C=N–C) groups is 1. The number of hydrogen-bond acceptors (Lipinski definition) is 4. The lowest BCUT2D eigenvalue weighted by atomic mass is 10.1. The maximum atomic E-state index is 12.0. The van der Waals surface area contributed by atoms with Crippen LogP contribution in [0.25, 0.3) is 6.08 Å². The topological polar surface area (TPSA) is 41.5 Å². The summed E-state index contributed by atoms with van der Waals surface area (Å²) in [5, 5.41) is 4.41. The second-order valence-electron chi connectivity index (χ2n) is 5.26. The van der Waals surface area contributed by atoms with Gasteiger partial charge in [-0.05, 0) is 42.5 Å². The molecule has 1 aliphatic heterocycles. The summed E-state index contributed by atoms with van der Waals surface area (Å²) in [6.45, 7) is 1.92. The Morgan fingerprint density at radius 3 is 2.68 bits per heavy atom. The van der Waals surface area contributed by atoms with E-state index >= 15 is 0 Å². The molecular weight excluding hydrogens is 395 g/mol. The van der Waals surface area contributed by atoms with Gasteiger partial charge in [0.1, 0.15) is 4.38 Å². The fourth-order valence-corrected chi connectivity index (χ4v) is 4.14. The molecule has 0 saturated heterocycles. The number of nitrogens with zero attached hydrogens (tertiary/aromatic N) is 1. The lowest BCUT2D eigenvalue weighted by Crippen LogP contribution is -1.97. The number of carbonyl (C=O) groups is 1. The van der Waals surface area contributed by atoms with E-state index in [4.69, 9.17) is 23.2 Å². The van der Waals surface area contributed by atoms with Gasteiger partial charge in [0.2, 0.25) is 0 Å². The third kappa shape index (κ3) is 4.06. The molecule has 2 aromatic rings. The minimum absolute atomic E-state index is 0.212. The first kappa shape index (κ1) is 18.4. The maximum Gasteiger partial charge on any atom is 0.285 e. The number of aryl methyl sites for hydroxylation is 1. The monoisotopic (exact) mass is 408 g/mol. The van der Waals surface area contributed by atoms with Gasteiger partial charge < -0.3 is 5.32 Å². The Bertz CT molecular complexity index is 910. The zero-order chi connectivity index (χ0) is 18.0. The molecule has 0 unspecified atom stereocenters. The van der Waals surface area contributed by atoms with E-state index in [1.54, 1.807) is 6.07 Å². The van der Waals surface area contributed by atoms with Crippen molar-refractivity contribution in [1.82, 2.24) is 0 Å².